The van der Waals surface area contributed by atoms with Crippen LogP contribution in [0.25, 0.3) is 0 Å². The Labute approximate surface area is 71.8 Å². The molecule has 1 fully saturated rings. The molecule has 0 saturated carbocycles. The second-order valence-corrected chi connectivity index (χ2v) is 3.12. The first-order valence-electron chi connectivity index (χ1n) is 4.08. The molecular weight excluding hydrogens is 150 g/mol. The summed E-state index contributed by atoms with van der Waals surface area (Å²) in [5.74, 6) is 3.29. The summed E-state index contributed by atoms with van der Waals surface area (Å²) in [6.07, 6.45) is 8.87. The lowest BCUT2D eigenvalue weighted by atomic mass is 10.0. The summed E-state index contributed by atoms with van der Waals surface area (Å²) < 4.78 is 1.92. The molecule has 2 rings (SSSR count). The van der Waals surface area contributed by atoms with E-state index in [1.807, 2.05) is 10.9 Å². The van der Waals surface area contributed by atoms with E-state index in [0.717, 1.165) is 31.1 Å². The third-order valence-corrected chi connectivity index (χ3v) is 2.11. The fourth-order valence-electron chi connectivity index (χ4n) is 1.28. The van der Waals surface area contributed by atoms with E-state index in [9.17, 15) is 0 Å². The van der Waals surface area contributed by atoms with Crippen molar-refractivity contribution in [3.8, 4) is 12.3 Å². The summed E-state index contributed by atoms with van der Waals surface area (Å²) >= 11 is 0. The number of hydrogen-bond acceptors (Lipinski definition) is 2. The minimum absolute atomic E-state index is 0.732. The van der Waals surface area contributed by atoms with Gasteiger partial charge in [-0.2, -0.15) is 5.10 Å². The van der Waals surface area contributed by atoms with Gasteiger partial charge in [0.15, 0.2) is 0 Å². The largest absolute Gasteiger partial charge is 0.316 e. The molecule has 1 aliphatic heterocycles. The Balaban J connectivity index is 1.99. The van der Waals surface area contributed by atoms with Crippen LogP contribution >= 0.6 is 0 Å². The molecule has 3 heteroatoms. The monoisotopic (exact) mass is 161 g/mol. The molecule has 0 unspecified atom stereocenters. The number of nitrogens with one attached hydrogen (secondary N) is 1. The quantitative estimate of drug-likeness (QED) is 0.623. The highest BCUT2D eigenvalue weighted by atomic mass is 15.3. The van der Waals surface area contributed by atoms with Crippen LogP contribution in [0.3, 0.4) is 0 Å². The number of aromatic nitrogens is 2. The Kier molecular flexibility index (Phi) is 1.84. The molecular formula is C9H11N3. The van der Waals surface area contributed by atoms with Crippen molar-refractivity contribution in [2.75, 3.05) is 13.1 Å². The topological polar surface area (TPSA) is 29.9 Å². The Morgan fingerprint density at radius 2 is 2.58 bits per heavy atom. The number of terminal acetylenes is 1. The Morgan fingerprint density at radius 1 is 1.75 bits per heavy atom. The van der Waals surface area contributed by atoms with E-state index >= 15 is 0 Å². The summed E-state index contributed by atoms with van der Waals surface area (Å²) in [5.41, 5.74) is 0.863. The van der Waals surface area contributed by atoms with Gasteiger partial charge >= 0.3 is 0 Å². The smallest absolute Gasteiger partial charge is 0.0646 e. The molecule has 0 bridgehead atoms. The van der Waals surface area contributed by atoms with Crippen LogP contribution in [0.4, 0.5) is 0 Å². The van der Waals surface area contributed by atoms with Crippen molar-refractivity contribution in [3.05, 3.63) is 18.0 Å². The molecule has 1 aliphatic rings. The molecule has 0 aromatic carbocycles. The zero-order valence-electron chi connectivity index (χ0n) is 6.83. The molecule has 0 amide bonds. The van der Waals surface area contributed by atoms with Crippen LogP contribution in [0.5, 0.6) is 0 Å². The van der Waals surface area contributed by atoms with E-state index in [2.05, 4.69) is 16.3 Å². The van der Waals surface area contributed by atoms with Gasteiger partial charge in [-0.1, -0.05) is 5.92 Å². The summed E-state index contributed by atoms with van der Waals surface area (Å²) in [7, 11) is 0. The highest BCUT2D eigenvalue weighted by Gasteiger charge is 2.16. The molecule has 1 aromatic rings. The van der Waals surface area contributed by atoms with Gasteiger partial charge in [0.25, 0.3) is 0 Å². The van der Waals surface area contributed by atoms with Gasteiger partial charge in [0.1, 0.15) is 0 Å². The van der Waals surface area contributed by atoms with Crippen molar-refractivity contribution >= 4 is 0 Å². The van der Waals surface area contributed by atoms with E-state index in [1.165, 1.54) is 0 Å². The minimum atomic E-state index is 0.732. The van der Waals surface area contributed by atoms with Crippen molar-refractivity contribution in [1.29, 1.82) is 0 Å². The molecule has 12 heavy (non-hydrogen) atoms. The number of rotatable bonds is 2. The zero-order valence-corrected chi connectivity index (χ0v) is 6.83. The lowest BCUT2D eigenvalue weighted by molar-refractivity contribution is 0.295. The molecule has 0 aliphatic carbocycles. The van der Waals surface area contributed by atoms with Crippen LogP contribution in [0.2, 0.25) is 0 Å². The highest BCUT2D eigenvalue weighted by molar-refractivity contribution is 5.26. The molecule has 0 atom stereocenters. The van der Waals surface area contributed by atoms with Crippen molar-refractivity contribution in [1.82, 2.24) is 15.1 Å². The van der Waals surface area contributed by atoms with Crippen LogP contribution in [-0.2, 0) is 6.54 Å². The maximum atomic E-state index is 5.22. The van der Waals surface area contributed by atoms with Gasteiger partial charge in [-0.25, -0.2) is 0 Å². The second kappa shape index (κ2) is 3.00. The fraction of sp³-hybridized carbons (Fsp3) is 0.444. The Bertz CT molecular complexity index is 304. The van der Waals surface area contributed by atoms with Crippen LogP contribution in [0, 0.1) is 18.3 Å². The predicted octanol–water partition coefficient (Wildman–Crippen LogP) is 0.0838. The van der Waals surface area contributed by atoms with Gasteiger partial charge in [-0.05, 0) is 0 Å². The van der Waals surface area contributed by atoms with Gasteiger partial charge in [-0.3, -0.25) is 4.68 Å². The third-order valence-electron chi connectivity index (χ3n) is 2.11. The fourth-order valence-corrected chi connectivity index (χ4v) is 1.28. The van der Waals surface area contributed by atoms with Crippen LogP contribution in [-0.4, -0.2) is 22.9 Å². The van der Waals surface area contributed by atoms with Gasteiger partial charge in [0, 0.05) is 31.7 Å². The molecule has 0 spiro atoms. The van der Waals surface area contributed by atoms with Crippen molar-refractivity contribution in [2.45, 2.75) is 6.54 Å². The van der Waals surface area contributed by atoms with Crippen LogP contribution in [0.1, 0.15) is 5.56 Å². The normalized spacial score (nSPS) is 16.9. The molecule has 62 valence electrons. The zero-order chi connectivity index (χ0) is 8.39. The van der Waals surface area contributed by atoms with E-state index in [0.29, 0.717) is 0 Å². The summed E-state index contributed by atoms with van der Waals surface area (Å²) in [5, 5.41) is 7.38. The van der Waals surface area contributed by atoms with Crippen molar-refractivity contribution < 1.29 is 0 Å². The summed E-state index contributed by atoms with van der Waals surface area (Å²) in [4.78, 5) is 0. The maximum absolute atomic E-state index is 5.22. The third kappa shape index (κ3) is 1.34. The molecule has 0 radical (unpaired) electrons. The number of hydrogen-bond donors (Lipinski definition) is 1. The first kappa shape index (κ1) is 7.38. The van der Waals surface area contributed by atoms with Gasteiger partial charge in [0.2, 0.25) is 0 Å². The first-order valence-corrected chi connectivity index (χ1v) is 4.08. The minimum Gasteiger partial charge on any atom is -0.316 e. The van der Waals surface area contributed by atoms with Crippen molar-refractivity contribution in [2.24, 2.45) is 5.92 Å². The molecule has 3 nitrogen and oxygen atoms in total. The predicted molar refractivity (Wildman–Crippen MR) is 46.5 cm³/mol. The van der Waals surface area contributed by atoms with Gasteiger partial charge < -0.3 is 5.32 Å². The lowest BCUT2D eigenvalue weighted by Gasteiger charge is -2.26. The average Bonchev–Trinajstić information content (AvgIpc) is 2.44. The SMILES string of the molecule is C#Cc1cnn(CC2CNC2)c1. The molecule has 1 N–H and O–H groups in total. The van der Waals surface area contributed by atoms with Gasteiger partial charge in [0.05, 0.1) is 11.8 Å². The average molecular weight is 161 g/mol. The summed E-state index contributed by atoms with van der Waals surface area (Å²) in [6, 6.07) is 0. The summed E-state index contributed by atoms with van der Waals surface area (Å²) in [6.45, 7) is 3.19. The van der Waals surface area contributed by atoms with E-state index in [4.69, 9.17) is 6.42 Å². The molecule has 2 heterocycles. The number of nitrogens with zero attached hydrogens (tertiary/aromatic N) is 2. The Hall–Kier alpha value is -1.27. The maximum Gasteiger partial charge on any atom is 0.0646 e. The first-order chi connectivity index (χ1) is 5.88. The highest BCUT2D eigenvalue weighted by Crippen LogP contribution is 2.06. The van der Waals surface area contributed by atoms with Crippen LogP contribution in [0.15, 0.2) is 12.4 Å². The van der Waals surface area contributed by atoms with E-state index in [-0.39, 0.29) is 0 Å². The lowest BCUT2D eigenvalue weighted by Crippen LogP contribution is -2.44. The van der Waals surface area contributed by atoms with E-state index < -0.39 is 0 Å². The standard InChI is InChI=1S/C9H11N3/c1-2-8-5-11-12(6-8)7-9-3-10-4-9/h1,5-6,9-10H,3-4,7H2. The van der Waals surface area contributed by atoms with Crippen molar-refractivity contribution in [3.63, 3.8) is 0 Å². The van der Waals surface area contributed by atoms with E-state index in [1.54, 1.807) is 6.20 Å². The van der Waals surface area contributed by atoms with Crippen LogP contribution < -0.4 is 5.32 Å². The second-order valence-electron chi connectivity index (χ2n) is 3.12. The Morgan fingerprint density at radius 3 is 3.08 bits per heavy atom. The van der Waals surface area contributed by atoms with Gasteiger partial charge in [-0.15, -0.1) is 6.42 Å². The molecule has 1 saturated heterocycles. The molecule has 1 aromatic heterocycles.